The molecular formula is C16H15FN2O4. The Bertz CT molecular complexity index is 734. The third kappa shape index (κ3) is 4.19. The number of hydrogen-bond acceptors (Lipinski definition) is 3. The van der Waals surface area contributed by atoms with Crippen LogP contribution >= 0.6 is 0 Å². The largest absolute Gasteiger partial charge is 0.495 e. The number of carboxylic acids is 1. The molecule has 6 nitrogen and oxygen atoms in total. The summed E-state index contributed by atoms with van der Waals surface area (Å²) in [5.41, 5.74) is 0.617. The van der Waals surface area contributed by atoms with Crippen LogP contribution in [0.25, 0.3) is 0 Å². The van der Waals surface area contributed by atoms with Gasteiger partial charge < -0.3 is 20.5 Å². The van der Waals surface area contributed by atoms with Gasteiger partial charge >= 0.3 is 12.0 Å². The lowest BCUT2D eigenvalue weighted by molar-refractivity contribution is -0.136. The molecule has 0 unspecified atom stereocenters. The molecule has 23 heavy (non-hydrogen) atoms. The van der Waals surface area contributed by atoms with Crippen molar-refractivity contribution in [3.63, 3.8) is 0 Å². The summed E-state index contributed by atoms with van der Waals surface area (Å²) in [4.78, 5) is 23.0. The van der Waals surface area contributed by atoms with Gasteiger partial charge in [0.05, 0.1) is 24.9 Å². The number of methoxy groups -OCH3 is 1. The van der Waals surface area contributed by atoms with Crippen LogP contribution in [-0.4, -0.2) is 24.2 Å². The standard InChI is InChI=1S/C16H15FN2O4/c1-23-13-8-4-5-10(9-14(20)21)15(13)19-16(22)18-12-7-3-2-6-11(12)17/h2-8H,9H2,1H3,(H,20,21)(H2,18,19,22). The molecule has 0 radical (unpaired) electrons. The van der Waals surface area contributed by atoms with E-state index < -0.39 is 17.8 Å². The molecule has 7 heteroatoms. The van der Waals surface area contributed by atoms with E-state index in [0.29, 0.717) is 11.3 Å². The third-order valence-corrected chi connectivity index (χ3v) is 3.03. The van der Waals surface area contributed by atoms with Gasteiger partial charge in [0.2, 0.25) is 0 Å². The molecule has 0 aromatic heterocycles. The van der Waals surface area contributed by atoms with E-state index >= 15 is 0 Å². The summed E-state index contributed by atoms with van der Waals surface area (Å²) >= 11 is 0. The summed E-state index contributed by atoms with van der Waals surface area (Å²) < 4.78 is 18.7. The molecule has 120 valence electrons. The van der Waals surface area contributed by atoms with Crippen molar-refractivity contribution in [1.82, 2.24) is 0 Å². The van der Waals surface area contributed by atoms with Gasteiger partial charge in [0.15, 0.2) is 0 Å². The zero-order valence-corrected chi connectivity index (χ0v) is 12.3. The molecule has 3 N–H and O–H groups in total. The van der Waals surface area contributed by atoms with E-state index in [9.17, 15) is 14.0 Å². The minimum atomic E-state index is -1.05. The Morgan fingerprint density at radius 3 is 2.52 bits per heavy atom. The van der Waals surface area contributed by atoms with Crippen molar-refractivity contribution in [1.29, 1.82) is 0 Å². The van der Waals surface area contributed by atoms with E-state index in [0.717, 1.165) is 0 Å². The SMILES string of the molecule is COc1cccc(CC(=O)O)c1NC(=O)Nc1ccccc1F. The maximum Gasteiger partial charge on any atom is 0.323 e. The fourth-order valence-corrected chi connectivity index (χ4v) is 2.03. The molecular weight excluding hydrogens is 303 g/mol. The molecule has 2 aromatic carbocycles. The summed E-state index contributed by atoms with van der Waals surface area (Å²) in [6.45, 7) is 0. The fourth-order valence-electron chi connectivity index (χ4n) is 2.03. The molecule has 0 heterocycles. The van der Waals surface area contributed by atoms with Gasteiger partial charge in [0.1, 0.15) is 11.6 Å². The number of carbonyl (C=O) groups excluding carboxylic acids is 1. The van der Waals surface area contributed by atoms with E-state index in [1.807, 2.05) is 0 Å². The van der Waals surface area contributed by atoms with E-state index in [1.165, 1.54) is 25.3 Å². The first-order valence-corrected chi connectivity index (χ1v) is 6.71. The van der Waals surface area contributed by atoms with E-state index in [-0.39, 0.29) is 17.8 Å². The van der Waals surface area contributed by atoms with E-state index in [1.54, 1.807) is 24.3 Å². The second-order valence-corrected chi connectivity index (χ2v) is 4.62. The maximum absolute atomic E-state index is 13.5. The van der Waals surface area contributed by atoms with Crippen molar-refractivity contribution in [2.75, 3.05) is 17.7 Å². The van der Waals surface area contributed by atoms with Crippen LogP contribution in [-0.2, 0) is 11.2 Å². The summed E-state index contributed by atoms with van der Waals surface area (Å²) in [6.07, 6.45) is -0.285. The molecule has 0 aliphatic rings. The minimum Gasteiger partial charge on any atom is -0.495 e. The number of anilines is 2. The molecule has 0 atom stereocenters. The summed E-state index contributed by atoms with van der Waals surface area (Å²) in [5, 5.41) is 13.8. The Morgan fingerprint density at radius 1 is 1.13 bits per heavy atom. The van der Waals surface area contributed by atoms with Crippen molar-refractivity contribution in [3.05, 3.63) is 53.8 Å². The molecule has 0 aliphatic carbocycles. The number of aliphatic carboxylic acids is 1. The zero-order valence-electron chi connectivity index (χ0n) is 12.3. The number of ether oxygens (including phenoxy) is 1. The van der Waals surface area contributed by atoms with Gasteiger partial charge in [0, 0.05) is 0 Å². The lowest BCUT2D eigenvalue weighted by Crippen LogP contribution is -2.21. The number of carboxylic acid groups (broad SMARTS) is 1. The summed E-state index contributed by atoms with van der Waals surface area (Å²) in [6, 6.07) is 9.79. The van der Waals surface area contributed by atoms with Crippen LogP contribution in [0.1, 0.15) is 5.56 Å². The van der Waals surface area contributed by atoms with Gasteiger partial charge in [0.25, 0.3) is 0 Å². The third-order valence-electron chi connectivity index (χ3n) is 3.03. The highest BCUT2D eigenvalue weighted by Gasteiger charge is 2.15. The lowest BCUT2D eigenvalue weighted by atomic mass is 10.1. The first-order chi connectivity index (χ1) is 11.0. The second-order valence-electron chi connectivity index (χ2n) is 4.62. The molecule has 0 aliphatic heterocycles. The lowest BCUT2D eigenvalue weighted by Gasteiger charge is -2.15. The number of amides is 2. The normalized spacial score (nSPS) is 10.0. The molecule has 0 spiro atoms. The maximum atomic E-state index is 13.5. The minimum absolute atomic E-state index is 0.0136. The van der Waals surface area contributed by atoms with Gasteiger partial charge in [-0.25, -0.2) is 9.18 Å². The van der Waals surface area contributed by atoms with Crippen molar-refractivity contribution in [2.45, 2.75) is 6.42 Å². The highest BCUT2D eigenvalue weighted by atomic mass is 19.1. The number of nitrogens with one attached hydrogen (secondary N) is 2. The highest BCUT2D eigenvalue weighted by molar-refractivity contribution is 6.01. The summed E-state index contributed by atoms with van der Waals surface area (Å²) in [5.74, 6) is -1.31. The number of halogens is 1. The number of hydrogen-bond donors (Lipinski definition) is 3. The van der Waals surface area contributed by atoms with Gasteiger partial charge in [-0.05, 0) is 23.8 Å². The average molecular weight is 318 g/mol. The first-order valence-electron chi connectivity index (χ1n) is 6.71. The smallest absolute Gasteiger partial charge is 0.323 e. The molecule has 0 fully saturated rings. The average Bonchev–Trinajstić information content (AvgIpc) is 2.50. The van der Waals surface area contributed by atoms with E-state index in [2.05, 4.69) is 10.6 Å². The Labute approximate surface area is 131 Å². The van der Waals surface area contributed by atoms with Gasteiger partial charge in [-0.15, -0.1) is 0 Å². The molecule has 2 rings (SSSR count). The van der Waals surface area contributed by atoms with Crippen LogP contribution in [0.15, 0.2) is 42.5 Å². The number of carbonyl (C=O) groups is 2. The fraction of sp³-hybridized carbons (Fsp3) is 0.125. The van der Waals surface area contributed by atoms with Gasteiger partial charge in [-0.3, -0.25) is 4.79 Å². The molecule has 0 saturated heterocycles. The molecule has 2 aromatic rings. The van der Waals surface area contributed by atoms with Gasteiger partial charge in [-0.1, -0.05) is 24.3 Å². The van der Waals surface area contributed by atoms with Crippen LogP contribution in [0.2, 0.25) is 0 Å². The Hall–Kier alpha value is -3.09. The predicted octanol–water partition coefficient (Wildman–Crippen LogP) is 3.11. The van der Waals surface area contributed by atoms with Crippen molar-refractivity contribution in [2.24, 2.45) is 0 Å². The quantitative estimate of drug-likeness (QED) is 0.790. The Balaban J connectivity index is 2.22. The second kappa shape index (κ2) is 7.26. The predicted molar refractivity (Wildman–Crippen MR) is 83.4 cm³/mol. The van der Waals surface area contributed by atoms with Crippen LogP contribution in [0.3, 0.4) is 0 Å². The van der Waals surface area contributed by atoms with Crippen molar-refractivity contribution in [3.8, 4) is 5.75 Å². The molecule has 2 amide bonds. The van der Waals surface area contributed by atoms with E-state index in [4.69, 9.17) is 9.84 Å². The monoisotopic (exact) mass is 318 g/mol. The van der Waals surface area contributed by atoms with Crippen LogP contribution in [0.4, 0.5) is 20.6 Å². The van der Waals surface area contributed by atoms with Crippen molar-refractivity contribution < 1.29 is 23.8 Å². The topological polar surface area (TPSA) is 87.7 Å². The summed E-state index contributed by atoms with van der Waals surface area (Å²) in [7, 11) is 1.40. The van der Waals surface area contributed by atoms with Crippen LogP contribution in [0.5, 0.6) is 5.75 Å². The highest BCUT2D eigenvalue weighted by Crippen LogP contribution is 2.29. The number of rotatable bonds is 5. The van der Waals surface area contributed by atoms with Crippen LogP contribution < -0.4 is 15.4 Å². The Kier molecular flexibility index (Phi) is 5.14. The molecule has 0 bridgehead atoms. The van der Waals surface area contributed by atoms with Crippen LogP contribution in [0, 0.1) is 5.82 Å². The Morgan fingerprint density at radius 2 is 1.87 bits per heavy atom. The number of para-hydroxylation sites is 2. The van der Waals surface area contributed by atoms with Gasteiger partial charge in [-0.2, -0.15) is 0 Å². The molecule has 0 saturated carbocycles. The zero-order chi connectivity index (χ0) is 16.8. The number of urea groups is 1. The van der Waals surface area contributed by atoms with Crippen molar-refractivity contribution >= 4 is 23.4 Å². The first kappa shape index (κ1) is 16.3. The number of benzene rings is 2.